The molecule has 0 fully saturated rings. The predicted octanol–water partition coefficient (Wildman–Crippen LogP) is 1.70. The number of thiophene rings is 1. The van der Waals surface area contributed by atoms with Gasteiger partial charge in [0, 0.05) is 5.92 Å². The first-order chi connectivity index (χ1) is 6.61. The van der Waals surface area contributed by atoms with Crippen molar-refractivity contribution in [1.82, 2.24) is 5.32 Å². The van der Waals surface area contributed by atoms with Crippen LogP contribution in [-0.4, -0.2) is 18.2 Å². The van der Waals surface area contributed by atoms with Gasteiger partial charge in [-0.05, 0) is 11.4 Å². The molecule has 1 heterocycles. The van der Waals surface area contributed by atoms with Gasteiger partial charge in [-0.25, -0.2) is 0 Å². The van der Waals surface area contributed by atoms with Gasteiger partial charge in [-0.2, -0.15) is 0 Å². The maximum atomic E-state index is 11.4. The van der Waals surface area contributed by atoms with E-state index in [-0.39, 0.29) is 24.2 Å². The number of Topliss-reactive ketones (excluding diaryl/α,β-unsaturated/α-hetero) is 1. The average molecular weight is 211 g/mol. The summed E-state index contributed by atoms with van der Waals surface area (Å²) in [7, 11) is 0. The molecule has 4 heteroatoms. The lowest BCUT2D eigenvalue weighted by Gasteiger charge is -2.04. The molecule has 0 unspecified atom stereocenters. The summed E-state index contributed by atoms with van der Waals surface area (Å²) in [5.74, 6) is -0.150. The third kappa shape index (κ3) is 2.96. The van der Waals surface area contributed by atoms with E-state index in [4.69, 9.17) is 0 Å². The van der Waals surface area contributed by atoms with Crippen molar-refractivity contribution in [3.63, 3.8) is 0 Å². The molecule has 0 radical (unpaired) electrons. The van der Waals surface area contributed by atoms with Gasteiger partial charge in [0.1, 0.15) is 0 Å². The summed E-state index contributed by atoms with van der Waals surface area (Å²) in [5, 5.41) is 4.42. The van der Waals surface area contributed by atoms with Crippen LogP contribution in [0, 0.1) is 5.92 Å². The zero-order valence-electron chi connectivity index (χ0n) is 8.24. The molecule has 1 N–H and O–H groups in total. The van der Waals surface area contributed by atoms with E-state index in [1.165, 1.54) is 11.3 Å². The van der Waals surface area contributed by atoms with E-state index in [1.807, 2.05) is 25.3 Å². The third-order valence-corrected chi connectivity index (χ3v) is 2.68. The zero-order valence-corrected chi connectivity index (χ0v) is 9.06. The maximum Gasteiger partial charge on any atom is 0.261 e. The van der Waals surface area contributed by atoms with Crippen LogP contribution in [0.2, 0.25) is 0 Å². The maximum absolute atomic E-state index is 11.4. The van der Waals surface area contributed by atoms with Gasteiger partial charge in [-0.3, -0.25) is 9.59 Å². The van der Waals surface area contributed by atoms with Crippen LogP contribution in [0.1, 0.15) is 23.5 Å². The zero-order chi connectivity index (χ0) is 10.6. The lowest BCUT2D eigenvalue weighted by atomic mass is 10.1. The van der Waals surface area contributed by atoms with Gasteiger partial charge in [0.2, 0.25) is 0 Å². The van der Waals surface area contributed by atoms with Crippen LogP contribution >= 0.6 is 11.3 Å². The van der Waals surface area contributed by atoms with Crippen molar-refractivity contribution in [2.75, 3.05) is 6.54 Å². The molecule has 0 saturated heterocycles. The normalized spacial score (nSPS) is 10.2. The standard InChI is InChI=1S/C10H13NO2S/c1-7(2)8(12)6-11-10(13)9-4-3-5-14-9/h3-5,7H,6H2,1-2H3,(H,11,13). The van der Waals surface area contributed by atoms with E-state index in [0.29, 0.717) is 4.88 Å². The van der Waals surface area contributed by atoms with Crippen molar-refractivity contribution < 1.29 is 9.59 Å². The highest BCUT2D eigenvalue weighted by molar-refractivity contribution is 7.12. The Kier molecular flexibility index (Phi) is 3.83. The molecule has 1 rings (SSSR count). The van der Waals surface area contributed by atoms with Crippen molar-refractivity contribution in [3.05, 3.63) is 22.4 Å². The summed E-state index contributed by atoms with van der Waals surface area (Å²) in [5.41, 5.74) is 0. The first kappa shape index (κ1) is 10.9. The minimum Gasteiger partial charge on any atom is -0.344 e. The summed E-state index contributed by atoms with van der Waals surface area (Å²) >= 11 is 1.37. The summed E-state index contributed by atoms with van der Waals surface area (Å²) in [6, 6.07) is 3.55. The van der Waals surface area contributed by atoms with Crippen LogP contribution in [0.25, 0.3) is 0 Å². The van der Waals surface area contributed by atoms with Gasteiger partial charge in [0.15, 0.2) is 5.78 Å². The Labute approximate surface area is 87.1 Å². The summed E-state index contributed by atoms with van der Waals surface area (Å²) in [4.78, 5) is 23.2. The molecule has 14 heavy (non-hydrogen) atoms. The fraction of sp³-hybridized carbons (Fsp3) is 0.400. The van der Waals surface area contributed by atoms with E-state index in [2.05, 4.69) is 5.32 Å². The molecule has 0 atom stereocenters. The van der Waals surface area contributed by atoms with Gasteiger partial charge < -0.3 is 5.32 Å². The molecule has 0 saturated carbocycles. The molecule has 1 aromatic heterocycles. The van der Waals surface area contributed by atoms with Crippen LogP contribution in [0.5, 0.6) is 0 Å². The SMILES string of the molecule is CC(C)C(=O)CNC(=O)c1cccs1. The molecule has 0 aromatic carbocycles. The van der Waals surface area contributed by atoms with Gasteiger partial charge in [0.05, 0.1) is 11.4 Å². The van der Waals surface area contributed by atoms with E-state index in [0.717, 1.165) is 0 Å². The smallest absolute Gasteiger partial charge is 0.261 e. The molecule has 0 aliphatic rings. The number of carbonyl (C=O) groups excluding carboxylic acids is 2. The molecule has 76 valence electrons. The first-order valence-electron chi connectivity index (χ1n) is 4.45. The Morgan fingerprint density at radius 1 is 1.50 bits per heavy atom. The quantitative estimate of drug-likeness (QED) is 0.824. The second kappa shape index (κ2) is 4.91. The Hall–Kier alpha value is -1.16. The van der Waals surface area contributed by atoms with Crippen molar-refractivity contribution in [2.24, 2.45) is 5.92 Å². The Morgan fingerprint density at radius 3 is 2.71 bits per heavy atom. The van der Waals surface area contributed by atoms with Crippen molar-refractivity contribution in [1.29, 1.82) is 0 Å². The van der Waals surface area contributed by atoms with Crippen LogP contribution < -0.4 is 5.32 Å². The molecular weight excluding hydrogens is 198 g/mol. The van der Waals surface area contributed by atoms with Crippen molar-refractivity contribution >= 4 is 23.0 Å². The number of ketones is 1. The van der Waals surface area contributed by atoms with Gasteiger partial charge in [-0.1, -0.05) is 19.9 Å². The van der Waals surface area contributed by atoms with Crippen molar-refractivity contribution in [3.8, 4) is 0 Å². The van der Waals surface area contributed by atoms with Crippen LogP contribution in [0.4, 0.5) is 0 Å². The lowest BCUT2D eigenvalue weighted by molar-refractivity contribution is -0.120. The largest absolute Gasteiger partial charge is 0.344 e. The summed E-state index contributed by atoms with van der Waals surface area (Å²) in [6.45, 7) is 3.76. The summed E-state index contributed by atoms with van der Waals surface area (Å²) in [6.07, 6.45) is 0. The second-order valence-electron chi connectivity index (χ2n) is 3.28. The first-order valence-corrected chi connectivity index (χ1v) is 5.33. The lowest BCUT2D eigenvalue weighted by Crippen LogP contribution is -2.30. The number of hydrogen-bond acceptors (Lipinski definition) is 3. The minimum absolute atomic E-state index is 0.0290. The molecule has 0 aliphatic carbocycles. The minimum atomic E-state index is -0.172. The van der Waals surface area contributed by atoms with Gasteiger partial charge in [0.25, 0.3) is 5.91 Å². The van der Waals surface area contributed by atoms with Crippen molar-refractivity contribution in [2.45, 2.75) is 13.8 Å². The molecule has 0 aliphatic heterocycles. The third-order valence-electron chi connectivity index (χ3n) is 1.81. The number of amides is 1. The Morgan fingerprint density at radius 2 is 2.21 bits per heavy atom. The number of rotatable bonds is 4. The monoisotopic (exact) mass is 211 g/mol. The fourth-order valence-electron chi connectivity index (χ4n) is 0.866. The van der Waals surface area contributed by atoms with E-state index in [9.17, 15) is 9.59 Å². The number of hydrogen-bond donors (Lipinski definition) is 1. The molecular formula is C10H13NO2S. The number of nitrogens with one attached hydrogen (secondary N) is 1. The highest BCUT2D eigenvalue weighted by atomic mass is 32.1. The highest BCUT2D eigenvalue weighted by Crippen LogP contribution is 2.07. The van der Waals surface area contributed by atoms with E-state index >= 15 is 0 Å². The van der Waals surface area contributed by atoms with E-state index < -0.39 is 0 Å². The molecule has 3 nitrogen and oxygen atoms in total. The Bertz CT molecular complexity index is 317. The molecule has 1 aromatic rings. The number of carbonyl (C=O) groups is 2. The Balaban J connectivity index is 2.40. The average Bonchev–Trinajstić information content (AvgIpc) is 2.66. The van der Waals surface area contributed by atoms with Crippen LogP contribution in [-0.2, 0) is 4.79 Å². The molecule has 0 spiro atoms. The highest BCUT2D eigenvalue weighted by Gasteiger charge is 2.10. The van der Waals surface area contributed by atoms with Crippen LogP contribution in [0.3, 0.4) is 0 Å². The van der Waals surface area contributed by atoms with Gasteiger partial charge in [-0.15, -0.1) is 11.3 Å². The summed E-state index contributed by atoms with van der Waals surface area (Å²) < 4.78 is 0. The van der Waals surface area contributed by atoms with E-state index in [1.54, 1.807) is 6.07 Å². The predicted molar refractivity (Wildman–Crippen MR) is 56.5 cm³/mol. The second-order valence-corrected chi connectivity index (χ2v) is 4.23. The topological polar surface area (TPSA) is 46.2 Å². The van der Waals surface area contributed by atoms with Gasteiger partial charge >= 0.3 is 0 Å². The molecule has 1 amide bonds. The van der Waals surface area contributed by atoms with Crippen LogP contribution in [0.15, 0.2) is 17.5 Å². The molecule has 0 bridgehead atoms. The fourth-order valence-corrected chi connectivity index (χ4v) is 1.51.